The lowest BCUT2D eigenvalue weighted by molar-refractivity contribution is -0.231. The van der Waals surface area contributed by atoms with Gasteiger partial charge in [-0.1, -0.05) is 48.5 Å². The van der Waals surface area contributed by atoms with Gasteiger partial charge in [0.25, 0.3) is 0 Å². The van der Waals surface area contributed by atoms with E-state index in [9.17, 15) is 20.4 Å². The van der Waals surface area contributed by atoms with Crippen molar-refractivity contribution in [2.75, 3.05) is 6.61 Å². The highest BCUT2D eigenvalue weighted by molar-refractivity contribution is 7.15. The summed E-state index contributed by atoms with van der Waals surface area (Å²) >= 11 is 1.64. The average molecular weight is 428 g/mol. The lowest BCUT2D eigenvalue weighted by atomic mass is 9.89. The number of aromatic nitrogens is 1. The summed E-state index contributed by atoms with van der Waals surface area (Å²) in [6, 6.07) is 15.8. The van der Waals surface area contributed by atoms with E-state index in [0.717, 1.165) is 26.6 Å². The van der Waals surface area contributed by atoms with Crippen LogP contribution < -0.4 is 0 Å². The molecule has 1 aromatic heterocycles. The highest BCUT2D eigenvalue weighted by Gasteiger charge is 2.43. The van der Waals surface area contributed by atoms with E-state index in [1.807, 2.05) is 49.5 Å². The number of thiazole rings is 1. The molecule has 4 N–H and O–H groups in total. The quantitative estimate of drug-likeness (QED) is 0.498. The van der Waals surface area contributed by atoms with Gasteiger partial charge in [-0.25, -0.2) is 4.98 Å². The van der Waals surface area contributed by atoms with E-state index in [0.29, 0.717) is 12.0 Å². The molecule has 0 aliphatic carbocycles. The van der Waals surface area contributed by atoms with Crippen molar-refractivity contribution in [3.63, 3.8) is 0 Å². The number of aliphatic hydroxyl groups excluding tert-OH is 4. The van der Waals surface area contributed by atoms with Crippen LogP contribution in [0.15, 0.2) is 54.7 Å². The first-order valence-electron chi connectivity index (χ1n) is 9.88. The maximum Gasteiger partial charge on any atom is 0.113 e. The fourth-order valence-electron chi connectivity index (χ4n) is 3.73. The number of ether oxygens (including phenoxy) is 1. The second kappa shape index (κ2) is 8.93. The maximum absolute atomic E-state index is 10.4. The first kappa shape index (κ1) is 21.1. The zero-order chi connectivity index (χ0) is 21.3. The van der Waals surface area contributed by atoms with Crippen molar-refractivity contribution in [3.05, 3.63) is 76.4 Å². The smallest absolute Gasteiger partial charge is 0.113 e. The van der Waals surface area contributed by atoms with Gasteiger partial charge in [-0.15, -0.1) is 11.3 Å². The first-order chi connectivity index (χ1) is 14.5. The number of hydrogen-bond acceptors (Lipinski definition) is 7. The molecule has 2 aromatic carbocycles. The first-order valence-corrected chi connectivity index (χ1v) is 10.7. The molecule has 1 aliphatic rings. The Hall–Kier alpha value is -2.13. The van der Waals surface area contributed by atoms with E-state index < -0.39 is 37.1 Å². The molecule has 30 heavy (non-hydrogen) atoms. The molecule has 158 valence electrons. The number of hydrogen-bond donors (Lipinski definition) is 4. The Bertz CT molecular complexity index is 990. The molecule has 0 amide bonds. The Labute approximate surface area is 179 Å². The third kappa shape index (κ3) is 4.18. The lowest BCUT2D eigenvalue weighted by Crippen LogP contribution is -2.55. The van der Waals surface area contributed by atoms with Crippen LogP contribution in [0.3, 0.4) is 0 Å². The van der Waals surface area contributed by atoms with Crippen LogP contribution >= 0.6 is 11.3 Å². The molecule has 2 heterocycles. The third-order valence-corrected chi connectivity index (χ3v) is 6.59. The molecule has 6 nitrogen and oxygen atoms in total. The van der Waals surface area contributed by atoms with Crippen LogP contribution in [0.1, 0.15) is 27.8 Å². The van der Waals surface area contributed by atoms with Crippen molar-refractivity contribution < 1.29 is 25.2 Å². The van der Waals surface area contributed by atoms with Gasteiger partial charge in [-0.2, -0.15) is 0 Å². The number of nitrogens with zero attached hydrogens (tertiary/aromatic N) is 1. The molecule has 0 bridgehead atoms. The van der Waals surface area contributed by atoms with Gasteiger partial charge in [0.15, 0.2) is 0 Å². The molecule has 0 saturated carbocycles. The molecular weight excluding hydrogens is 402 g/mol. The molecule has 1 aliphatic heterocycles. The maximum atomic E-state index is 10.4. The monoisotopic (exact) mass is 427 g/mol. The van der Waals surface area contributed by atoms with Gasteiger partial charge in [-0.3, -0.25) is 0 Å². The Balaban J connectivity index is 1.57. The van der Waals surface area contributed by atoms with Gasteiger partial charge in [0, 0.05) is 12.6 Å². The Kier molecular flexibility index (Phi) is 6.29. The fourth-order valence-corrected chi connectivity index (χ4v) is 4.67. The summed E-state index contributed by atoms with van der Waals surface area (Å²) in [7, 11) is 0. The van der Waals surface area contributed by atoms with Gasteiger partial charge in [0.05, 0.1) is 16.5 Å². The SMILES string of the molecule is Cc1ccc([C@@H]2OC(CO)C(O)C(O)C2O)cc1Cc1ncc(-c2ccccc2)s1. The molecular formula is C23H25NO5S. The summed E-state index contributed by atoms with van der Waals surface area (Å²) in [5.41, 5.74) is 3.94. The molecule has 5 atom stereocenters. The lowest BCUT2D eigenvalue weighted by Gasteiger charge is -2.40. The van der Waals surface area contributed by atoms with Gasteiger partial charge >= 0.3 is 0 Å². The highest BCUT2D eigenvalue weighted by Crippen LogP contribution is 2.34. The molecule has 3 aromatic rings. The van der Waals surface area contributed by atoms with Crippen molar-refractivity contribution in [2.45, 2.75) is 43.9 Å². The minimum Gasteiger partial charge on any atom is -0.394 e. The average Bonchev–Trinajstić information content (AvgIpc) is 3.23. The third-order valence-electron chi connectivity index (χ3n) is 5.55. The Morgan fingerprint density at radius 3 is 2.50 bits per heavy atom. The summed E-state index contributed by atoms with van der Waals surface area (Å²) in [5.74, 6) is 0. The van der Waals surface area contributed by atoms with Crippen LogP contribution in [0, 0.1) is 6.92 Å². The largest absolute Gasteiger partial charge is 0.394 e. The van der Waals surface area contributed by atoms with Gasteiger partial charge in [0.2, 0.25) is 0 Å². The molecule has 1 fully saturated rings. The molecule has 0 radical (unpaired) electrons. The van der Waals surface area contributed by atoms with E-state index in [-0.39, 0.29) is 0 Å². The minimum absolute atomic E-state index is 0.443. The zero-order valence-electron chi connectivity index (χ0n) is 16.5. The molecule has 1 saturated heterocycles. The molecule has 4 rings (SSSR count). The van der Waals surface area contributed by atoms with Gasteiger partial charge in [0.1, 0.15) is 30.5 Å². The number of aliphatic hydroxyl groups is 4. The predicted octanol–water partition coefficient (Wildman–Crippen LogP) is 2.22. The molecule has 4 unspecified atom stereocenters. The highest BCUT2D eigenvalue weighted by atomic mass is 32.1. The van der Waals surface area contributed by atoms with E-state index in [2.05, 4.69) is 17.1 Å². The summed E-state index contributed by atoms with van der Waals surface area (Å²) in [6.07, 6.45) is -3.29. The fraction of sp³-hybridized carbons (Fsp3) is 0.348. The molecule has 7 heteroatoms. The van der Waals surface area contributed by atoms with Crippen molar-refractivity contribution >= 4 is 11.3 Å². The number of rotatable bonds is 5. The Morgan fingerprint density at radius 1 is 1.00 bits per heavy atom. The van der Waals surface area contributed by atoms with E-state index in [4.69, 9.17) is 4.74 Å². The van der Waals surface area contributed by atoms with E-state index in [1.165, 1.54) is 0 Å². The summed E-state index contributed by atoms with van der Waals surface area (Å²) in [4.78, 5) is 5.67. The Morgan fingerprint density at radius 2 is 1.77 bits per heavy atom. The molecule has 0 spiro atoms. The van der Waals surface area contributed by atoms with Crippen LogP contribution in [0.4, 0.5) is 0 Å². The second-order valence-electron chi connectivity index (χ2n) is 7.60. The summed E-state index contributed by atoms with van der Waals surface area (Å²) in [6.45, 7) is 1.57. The van der Waals surface area contributed by atoms with Crippen LogP contribution in [0.25, 0.3) is 10.4 Å². The second-order valence-corrected chi connectivity index (χ2v) is 8.71. The zero-order valence-corrected chi connectivity index (χ0v) is 17.4. The van der Waals surface area contributed by atoms with Crippen molar-refractivity contribution in [1.29, 1.82) is 0 Å². The predicted molar refractivity (Wildman–Crippen MR) is 114 cm³/mol. The van der Waals surface area contributed by atoms with Gasteiger partial charge < -0.3 is 25.2 Å². The minimum atomic E-state index is -1.39. The summed E-state index contributed by atoms with van der Waals surface area (Å²) in [5, 5.41) is 40.9. The van der Waals surface area contributed by atoms with Crippen LogP contribution in [0.2, 0.25) is 0 Å². The van der Waals surface area contributed by atoms with Crippen molar-refractivity contribution in [3.8, 4) is 10.4 Å². The van der Waals surface area contributed by atoms with E-state index >= 15 is 0 Å². The summed E-state index contributed by atoms with van der Waals surface area (Å²) < 4.78 is 5.70. The van der Waals surface area contributed by atoms with Crippen molar-refractivity contribution in [1.82, 2.24) is 4.98 Å². The van der Waals surface area contributed by atoms with E-state index in [1.54, 1.807) is 11.3 Å². The van der Waals surface area contributed by atoms with Gasteiger partial charge in [-0.05, 0) is 29.2 Å². The number of benzene rings is 2. The van der Waals surface area contributed by atoms with Crippen LogP contribution in [-0.2, 0) is 11.2 Å². The standard InChI is InChI=1S/C23H25NO5S/c1-13-7-8-15(23-22(28)21(27)20(26)17(12-25)29-23)9-16(13)10-19-24-11-18(30-19)14-5-3-2-4-6-14/h2-9,11,17,20-23,25-28H,10,12H2,1H3/t17?,20?,21?,22?,23-/m0/s1. The van der Waals surface area contributed by atoms with Crippen LogP contribution in [0.5, 0.6) is 0 Å². The van der Waals surface area contributed by atoms with Crippen LogP contribution in [-0.4, -0.2) is 56.4 Å². The topological polar surface area (TPSA) is 103 Å². The number of aryl methyl sites for hydroxylation is 1. The normalized spacial score (nSPS) is 26.6. The van der Waals surface area contributed by atoms with Crippen molar-refractivity contribution in [2.24, 2.45) is 0 Å².